The molecule has 1 saturated heterocycles. The number of nitrogens with zero attached hydrogens (tertiary/aromatic N) is 8. The molecule has 6 rings (SSSR count). The minimum Gasteiger partial charge on any atom is -0.497 e. The minimum absolute atomic E-state index is 0.604. The molecule has 1 aliphatic rings. The van der Waals surface area contributed by atoms with Crippen LogP contribution >= 0.6 is 0 Å². The molecular formula is C29H32N8O3. The fourth-order valence-electron chi connectivity index (χ4n) is 4.83. The molecule has 5 aromatic rings. The fraction of sp³-hybridized carbons (Fsp3) is 0.310. The van der Waals surface area contributed by atoms with E-state index in [4.69, 9.17) is 29.3 Å². The van der Waals surface area contributed by atoms with E-state index in [2.05, 4.69) is 39.2 Å². The maximum Gasteiger partial charge on any atom is 0.232 e. The zero-order valence-corrected chi connectivity index (χ0v) is 22.9. The van der Waals surface area contributed by atoms with Crippen LogP contribution in [0.1, 0.15) is 11.1 Å². The van der Waals surface area contributed by atoms with Crippen LogP contribution in [0.4, 0.5) is 11.9 Å². The summed E-state index contributed by atoms with van der Waals surface area (Å²) in [6.45, 7) is 3.94. The molecule has 3 aromatic heterocycles. The molecular weight excluding hydrogens is 508 g/mol. The van der Waals surface area contributed by atoms with Gasteiger partial charge in [0.1, 0.15) is 11.5 Å². The van der Waals surface area contributed by atoms with Gasteiger partial charge in [-0.15, -0.1) is 0 Å². The topological polar surface area (TPSA) is 95.1 Å². The highest BCUT2D eigenvalue weighted by molar-refractivity contribution is 5.77. The maximum atomic E-state index is 5.61. The summed E-state index contributed by atoms with van der Waals surface area (Å²) in [6.07, 6.45) is 5.64. The summed E-state index contributed by atoms with van der Waals surface area (Å²) in [5.74, 6) is 2.99. The lowest BCUT2D eigenvalue weighted by atomic mass is 10.1. The Morgan fingerprint density at radius 3 is 2.00 bits per heavy atom. The molecule has 0 atom stereocenters. The Morgan fingerprint density at radius 1 is 0.825 bits per heavy atom. The number of hydrogen-bond acceptors (Lipinski definition) is 9. The summed E-state index contributed by atoms with van der Waals surface area (Å²) < 4.78 is 20.0. The number of methoxy groups -OCH3 is 2. The summed E-state index contributed by atoms with van der Waals surface area (Å²) in [6, 6.07) is 16.2. The summed E-state index contributed by atoms with van der Waals surface area (Å²) >= 11 is 0. The smallest absolute Gasteiger partial charge is 0.232 e. The van der Waals surface area contributed by atoms with Gasteiger partial charge >= 0.3 is 0 Å². The predicted octanol–water partition coefficient (Wildman–Crippen LogP) is 3.59. The zero-order chi connectivity index (χ0) is 27.5. The molecule has 11 heteroatoms. The van der Waals surface area contributed by atoms with Gasteiger partial charge in [0.15, 0.2) is 5.65 Å². The Kier molecular flexibility index (Phi) is 7.19. The average molecular weight is 541 g/mol. The first-order valence-corrected chi connectivity index (χ1v) is 13.2. The quantitative estimate of drug-likeness (QED) is 0.278. The minimum atomic E-state index is 0.604. The summed E-state index contributed by atoms with van der Waals surface area (Å²) in [5, 5.41) is 9.15. The van der Waals surface area contributed by atoms with Gasteiger partial charge in [0.05, 0.1) is 39.8 Å². The fourth-order valence-corrected chi connectivity index (χ4v) is 4.83. The van der Waals surface area contributed by atoms with Crippen LogP contribution in [0.2, 0.25) is 0 Å². The van der Waals surface area contributed by atoms with Gasteiger partial charge in [-0.3, -0.25) is 4.68 Å². The number of aromatic nitrogens is 6. The SMILES string of the molecule is COc1ccc(CN(Cc2ccc(OC)cc2)c2nc(N3CCOCC3)nc3c(-c4cnn(C)c4)cnn23)cc1. The molecule has 206 valence electrons. The van der Waals surface area contributed by atoms with Crippen molar-refractivity contribution in [3.8, 4) is 22.6 Å². The van der Waals surface area contributed by atoms with E-state index in [1.807, 2.05) is 54.4 Å². The van der Waals surface area contributed by atoms with E-state index in [0.717, 1.165) is 52.5 Å². The number of anilines is 2. The number of rotatable bonds is 9. The van der Waals surface area contributed by atoms with Gasteiger partial charge in [-0.25, -0.2) is 0 Å². The molecule has 1 fully saturated rings. The number of aryl methyl sites for hydroxylation is 1. The van der Waals surface area contributed by atoms with Crippen LogP contribution < -0.4 is 19.3 Å². The molecule has 0 N–H and O–H groups in total. The Labute approximate surface area is 232 Å². The monoisotopic (exact) mass is 540 g/mol. The second-order valence-corrected chi connectivity index (χ2v) is 9.67. The number of ether oxygens (including phenoxy) is 3. The van der Waals surface area contributed by atoms with Gasteiger partial charge in [-0.1, -0.05) is 24.3 Å². The Bertz CT molecular complexity index is 1520. The van der Waals surface area contributed by atoms with Crippen LogP contribution in [0.25, 0.3) is 16.8 Å². The third-order valence-electron chi connectivity index (χ3n) is 7.00. The van der Waals surface area contributed by atoms with Crippen molar-refractivity contribution in [1.29, 1.82) is 0 Å². The third kappa shape index (κ3) is 5.28. The van der Waals surface area contributed by atoms with E-state index in [9.17, 15) is 0 Å². The average Bonchev–Trinajstić information content (AvgIpc) is 3.63. The number of benzene rings is 2. The standard InChI is InChI=1S/C29H32N8O3/c1-34-20-23(16-30-34)26-17-31-37-27(26)32-28(35-12-14-40-15-13-35)33-29(37)36(18-21-4-8-24(38-2)9-5-21)19-22-6-10-25(39-3)11-7-22/h4-11,16-17,20H,12-15,18-19H2,1-3H3. The molecule has 0 amide bonds. The first-order chi connectivity index (χ1) is 19.6. The predicted molar refractivity (Wildman–Crippen MR) is 152 cm³/mol. The second kappa shape index (κ2) is 11.2. The van der Waals surface area contributed by atoms with Crippen LogP contribution in [0, 0.1) is 0 Å². The lowest BCUT2D eigenvalue weighted by Gasteiger charge is -2.29. The highest BCUT2D eigenvalue weighted by Crippen LogP contribution is 2.29. The van der Waals surface area contributed by atoms with Crippen LogP contribution in [-0.4, -0.2) is 69.9 Å². The maximum absolute atomic E-state index is 5.61. The first kappa shape index (κ1) is 25.6. The van der Waals surface area contributed by atoms with E-state index in [0.29, 0.717) is 38.2 Å². The Hall–Kier alpha value is -4.64. The summed E-state index contributed by atoms with van der Waals surface area (Å²) in [7, 11) is 5.25. The van der Waals surface area contributed by atoms with Crippen molar-refractivity contribution in [3.63, 3.8) is 0 Å². The first-order valence-electron chi connectivity index (χ1n) is 13.2. The Balaban J connectivity index is 1.48. The molecule has 0 radical (unpaired) electrons. The van der Waals surface area contributed by atoms with Gasteiger partial charge in [-0.2, -0.15) is 24.7 Å². The van der Waals surface area contributed by atoms with Crippen molar-refractivity contribution in [1.82, 2.24) is 29.4 Å². The van der Waals surface area contributed by atoms with E-state index in [1.165, 1.54) is 0 Å². The lowest BCUT2D eigenvalue weighted by Crippen LogP contribution is -2.38. The van der Waals surface area contributed by atoms with E-state index in [-0.39, 0.29) is 0 Å². The van der Waals surface area contributed by atoms with Crippen molar-refractivity contribution >= 4 is 17.5 Å². The van der Waals surface area contributed by atoms with Crippen LogP contribution in [-0.2, 0) is 24.9 Å². The van der Waals surface area contributed by atoms with Gasteiger partial charge in [0.2, 0.25) is 11.9 Å². The highest BCUT2D eigenvalue weighted by Gasteiger charge is 2.23. The largest absolute Gasteiger partial charge is 0.497 e. The summed E-state index contributed by atoms with van der Waals surface area (Å²) in [4.78, 5) is 14.5. The van der Waals surface area contributed by atoms with Gasteiger partial charge in [0.25, 0.3) is 0 Å². The molecule has 0 unspecified atom stereocenters. The third-order valence-corrected chi connectivity index (χ3v) is 7.00. The van der Waals surface area contributed by atoms with E-state index < -0.39 is 0 Å². The zero-order valence-electron chi connectivity index (χ0n) is 22.9. The van der Waals surface area contributed by atoms with Crippen molar-refractivity contribution in [2.75, 3.05) is 50.3 Å². The van der Waals surface area contributed by atoms with Crippen molar-refractivity contribution < 1.29 is 14.2 Å². The van der Waals surface area contributed by atoms with Crippen LogP contribution in [0.5, 0.6) is 11.5 Å². The van der Waals surface area contributed by atoms with Crippen molar-refractivity contribution in [2.45, 2.75) is 13.1 Å². The molecule has 40 heavy (non-hydrogen) atoms. The van der Waals surface area contributed by atoms with Crippen LogP contribution in [0.3, 0.4) is 0 Å². The van der Waals surface area contributed by atoms with Crippen molar-refractivity contribution in [2.24, 2.45) is 7.05 Å². The van der Waals surface area contributed by atoms with Crippen LogP contribution in [0.15, 0.2) is 67.1 Å². The molecule has 0 saturated carbocycles. The molecule has 1 aliphatic heterocycles. The molecule has 0 spiro atoms. The van der Waals surface area contributed by atoms with E-state index in [1.54, 1.807) is 18.9 Å². The lowest BCUT2D eigenvalue weighted by molar-refractivity contribution is 0.122. The highest BCUT2D eigenvalue weighted by atomic mass is 16.5. The molecule has 4 heterocycles. The molecule has 2 aromatic carbocycles. The summed E-state index contributed by atoms with van der Waals surface area (Å²) in [5.41, 5.74) is 4.82. The molecule has 11 nitrogen and oxygen atoms in total. The number of morpholine rings is 1. The molecule has 0 aliphatic carbocycles. The van der Waals surface area contributed by atoms with Gasteiger partial charge < -0.3 is 24.0 Å². The second-order valence-electron chi connectivity index (χ2n) is 9.67. The van der Waals surface area contributed by atoms with Gasteiger partial charge in [-0.05, 0) is 35.4 Å². The van der Waals surface area contributed by atoms with Gasteiger partial charge in [0, 0.05) is 50.6 Å². The Morgan fingerprint density at radius 2 is 1.45 bits per heavy atom. The van der Waals surface area contributed by atoms with Crippen molar-refractivity contribution in [3.05, 3.63) is 78.2 Å². The molecule has 0 bridgehead atoms. The number of hydrogen-bond donors (Lipinski definition) is 0. The number of fused-ring (bicyclic) bond motifs is 1. The van der Waals surface area contributed by atoms with E-state index >= 15 is 0 Å². The normalized spacial score (nSPS) is 13.5.